The second kappa shape index (κ2) is 15.3. The van der Waals surface area contributed by atoms with Gasteiger partial charge < -0.3 is 59.4 Å². The first-order chi connectivity index (χ1) is 13.9. The van der Waals surface area contributed by atoms with Crippen molar-refractivity contribution >= 4 is 35.8 Å². The largest absolute Gasteiger partial charge is 2.00 e. The molecule has 0 atom stereocenters. The zero-order chi connectivity index (χ0) is 23.2. The third-order valence-corrected chi connectivity index (χ3v) is 3.39. The number of carbonyl (C=O) groups excluding carboxylic acids is 6. The molecule has 0 bridgehead atoms. The summed E-state index contributed by atoms with van der Waals surface area (Å²) in [6.45, 7) is 0. The molecule has 2 aromatic carbocycles. The Morgan fingerprint density at radius 2 is 0.636 bits per heavy atom. The summed E-state index contributed by atoms with van der Waals surface area (Å²) in [6.07, 6.45) is 0. The Morgan fingerprint density at radius 3 is 0.818 bits per heavy atom. The van der Waals surface area contributed by atoms with E-state index in [0.717, 1.165) is 24.3 Å². The minimum absolute atomic E-state index is 0. The van der Waals surface area contributed by atoms with E-state index in [1.54, 1.807) is 0 Å². The Morgan fingerprint density at radius 1 is 0.394 bits per heavy atom. The Bertz CT molecular complexity index is 996. The molecular weight excluding hydrogens is 552 g/mol. The molecule has 12 nitrogen and oxygen atoms in total. The molecular formula is C18H6O12Ti3. The van der Waals surface area contributed by atoms with Crippen LogP contribution in [-0.2, 0) is 65.2 Å². The predicted octanol–water partition coefficient (Wildman–Crippen LogP) is -6.45. The van der Waals surface area contributed by atoms with Gasteiger partial charge in [-0.05, 0) is 23.3 Å². The molecule has 0 spiro atoms. The van der Waals surface area contributed by atoms with Crippen LogP contribution in [0.15, 0.2) is 36.4 Å². The van der Waals surface area contributed by atoms with Crippen molar-refractivity contribution in [1.29, 1.82) is 0 Å². The van der Waals surface area contributed by atoms with Crippen molar-refractivity contribution in [2.75, 3.05) is 0 Å². The normalized spacial score (nSPS) is 8.73. The van der Waals surface area contributed by atoms with Gasteiger partial charge in [-0.1, -0.05) is 24.3 Å². The Labute approximate surface area is 228 Å². The van der Waals surface area contributed by atoms with Crippen LogP contribution in [0.25, 0.3) is 0 Å². The van der Waals surface area contributed by atoms with E-state index in [1.807, 2.05) is 0 Å². The fourth-order valence-electron chi connectivity index (χ4n) is 2.04. The molecule has 15 heteroatoms. The van der Waals surface area contributed by atoms with Crippen LogP contribution >= 0.6 is 0 Å². The smallest absolute Gasteiger partial charge is 0.545 e. The van der Waals surface area contributed by atoms with Crippen LogP contribution in [0.2, 0.25) is 0 Å². The maximum Gasteiger partial charge on any atom is 2.00 e. The maximum absolute atomic E-state index is 10.5. The zero-order valence-electron chi connectivity index (χ0n) is 15.9. The molecule has 2 rings (SSSR count). The van der Waals surface area contributed by atoms with Gasteiger partial charge in [0.2, 0.25) is 0 Å². The number of benzene rings is 2. The summed E-state index contributed by atoms with van der Waals surface area (Å²) in [5, 5.41) is 62.6. The molecule has 33 heavy (non-hydrogen) atoms. The molecule has 0 saturated heterocycles. The molecule has 0 aliphatic rings. The number of aromatic carboxylic acids is 6. The molecule has 0 radical (unpaired) electrons. The van der Waals surface area contributed by atoms with Gasteiger partial charge in [-0.15, -0.1) is 0 Å². The molecule has 0 aromatic heterocycles. The van der Waals surface area contributed by atoms with E-state index in [0.29, 0.717) is 12.1 Å². The molecule has 162 valence electrons. The summed E-state index contributed by atoms with van der Waals surface area (Å²) in [4.78, 5) is 62.6. The molecule has 0 unspecified atom stereocenters. The summed E-state index contributed by atoms with van der Waals surface area (Å²) < 4.78 is 0. The van der Waals surface area contributed by atoms with Crippen LogP contribution in [0.3, 0.4) is 0 Å². The van der Waals surface area contributed by atoms with Crippen molar-refractivity contribution in [2.45, 2.75) is 0 Å². The van der Waals surface area contributed by atoms with Crippen LogP contribution in [0, 0.1) is 0 Å². The van der Waals surface area contributed by atoms with Crippen molar-refractivity contribution in [3.63, 3.8) is 0 Å². The molecule has 0 saturated carbocycles. The summed E-state index contributed by atoms with van der Waals surface area (Å²) >= 11 is 0. The van der Waals surface area contributed by atoms with Gasteiger partial charge in [-0.2, -0.15) is 0 Å². The van der Waals surface area contributed by atoms with E-state index in [-0.39, 0.29) is 65.2 Å². The molecule has 0 amide bonds. The summed E-state index contributed by atoms with van der Waals surface area (Å²) in [7, 11) is 0. The van der Waals surface area contributed by atoms with Gasteiger partial charge in [0, 0.05) is 22.3 Å². The first-order valence-electron chi connectivity index (χ1n) is 7.43. The fourth-order valence-corrected chi connectivity index (χ4v) is 2.04. The number of carboxylic acid groups (broad SMARTS) is 6. The van der Waals surface area contributed by atoms with Gasteiger partial charge in [-0.25, -0.2) is 0 Å². The number of rotatable bonds is 6. The molecule has 0 fully saturated rings. The van der Waals surface area contributed by atoms with Crippen LogP contribution in [0.1, 0.15) is 62.1 Å². The van der Waals surface area contributed by atoms with E-state index in [1.165, 1.54) is 0 Å². The van der Waals surface area contributed by atoms with E-state index < -0.39 is 69.2 Å². The Kier molecular flexibility index (Phi) is 16.2. The van der Waals surface area contributed by atoms with E-state index >= 15 is 0 Å². The quantitative estimate of drug-likeness (QED) is 0.301. The Balaban J connectivity index is -0.000000500. The first kappa shape index (κ1) is 35.0. The minimum atomic E-state index is -1.79. The van der Waals surface area contributed by atoms with E-state index in [9.17, 15) is 59.4 Å². The van der Waals surface area contributed by atoms with Gasteiger partial charge in [0.05, 0.1) is 35.8 Å². The van der Waals surface area contributed by atoms with Crippen LogP contribution in [0.4, 0.5) is 0 Å². The summed E-state index contributed by atoms with van der Waals surface area (Å²) in [5.41, 5.74) is -3.67. The average molecular weight is 558 g/mol. The molecule has 2 aromatic rings. The summed E-state index contributed by atoms with van der Waals surface area (Å²) in [5.74, 6) is -10.3. The zero-order valence-corrected chi connectivity index (χ0v) is 20.5. The maximum atomic E-state index is 10.5. The standard InChI is InChI=1S/2C9H6O6.3Ti/c2*10-7(11)4-1-2-5(8(12)13)6(3-4)9(14)15;;;/h2*1-3H,(H,10,11)(H,12,13)(H,14,15);;;/q;;3*+2/p-6. The molecule has 0 aliphatic heterocycles. The number of carboxylic acids is 6. The average Bonchev–Trinajstić information content (AvgIpc) is 2.67. The summed E-state index contributed by atoms with van der Waals surface area (Å²) in [6, 6.07) is 4.74. The van der Waals surface area contributed by atoms with Crippen molar-refractivity contribution < 1.29 is 125 Å². The van der Waals surface area contributed by atoms with Gasteiger partial charge in [0.15, 0.2) is 0 Å². The second-order valence-electron chi connectivity index (χ2n) is 5.25. The number of hydrogen-bond acceptors (Lipinski definition) is 12. The van der Waals surface area contributed by atoms with Crippen molar-refractivity contribution in [3.8, 4) is 0 Å². The van der Waals surface area contributed by atoms with E-state index in [4.69, 9.17) is 0 Å². The molecule has 0 heterocycles. The molecule has 0 aliphatic carbocycles. The third kappa shape index (κ3) is 9.83. The second-order valence-corrected chi connectivity index (χ2v) is 5.25. The minimum Gasteiger partial charge on any atom is -0.545 e. The number of carbonyl (C=O) groups is 6. The monoisotopic (exact) mass is 558 g/mol. The van der Waals surface area contributed by atoms with Crippen molar-refractivity contribution in [3.05, 3.63) is 69.8 Å². The topological polar surface area (TPSA) is 241 Å². The third-order valence-electron chi connectivity index (χ3n) is 3.39. The van der Waals surface area contributed by atoms with E-state index in [2.05, 4.69) is 0 Å². The van der Waals surface area contributed by atoms with Gasteiger partial charge in [-0.3, -0.25) is 0 Å². The van der Waals surface area contributed by atoms with Gasteiger partial charge in [0.1, 0.15) is 0 Å². The van der Waals surface area contributed by atoms with Crippen LogP contribution < -0.4 is 30.6 Å². The van der Waals surface area contributed by atoms with Gasteiger partial charge in [0.25, 0.3) is 0 Å². The SMILES string of the molecule is O=C([O-])c1ccc(C(=O)[O-])c(C(=O)[O-])c1.O=C([O-])c1ccc(C(=O)[O-])c(C(=O)[O-])c1.[Ti+2].[Ti+2].[Ti+2]. The van der Waals surface area contributed by atoms with Gasteiger partial charge >= 0.3 is 65.2 Å². The van der Waals surface area contributed by atoms with Crippen LogP contribution in [-0.4, -0.2) is 35.8 Å². The predicted molar refractivity (Wildman–Crippen MR) is 78.9 cm³/mol. The van der Waals surface area contributed by atoms with Crippen molar-refractivity contribution in [2.24, 2.45) is 0 Å². The number of hydrogen-bond donors (Lipinski definition) is 0. The van der Waals surface area contributed by atoms with Crippen LogP contribution in [0.5, 0.6) is 0 Å². The first-order valence-corrected chi connectivity index (χ1v) is 7.43. The van der Waals surface area contributed by atoms with Crippen molar-refractivity contribution in [1.82, 2.24) is 0 Å². The fraction of sp³-hybridized carbons (Fsp3) is 0. The molecule has 0 N–H and O–H groups in total. The Hall–Kier alpha value is -2.60.